The Hall–Kier alpha value is -3.02. The van der Waals surface area contributed by atoms with Gasteiger partial charge in [-0.05, 0) is 30.3 Å². The molecule has 116 valence electrons. The van der Waals surface area contributed by atoms with Crippen LogP contribution in [0.2, 0.25) is 0 Å². The summed E-state index contributed by atoms with van der Waals surface area (Å²) in [5.74, 6) is 0.451. The average Bonchev–Trinajstić information content (AvgIpc) is 2.57. The van der Waals surface area contributed by atoms with Crippen LogP contribution in [0, 0.1) is 11.6 Å². The lowest BCUT2D eigenvalue weighted by molar-refractivity contribution is 0.460. The summed E-state index contributed by atoms with van der Waals surface area (Å²) in [4.78, 5) is 8.23. The first-order valence-corrected chi connectivity index (χ1v) is 6.94. The molecule has 1 aromatic heterocycles. The van der Waals surface area contributed by atoms with Crippen molar-refractivity contribution in [2.24, 2.45) is 0 Å². The van der Waals surface area contributed by atoms with Crippen molar-refractivity contribution in [3.63, 3.8) is 0 Å². The fraction of sp³-hybridized carbons (Fsp3) is 0.0588. The van der Waals surface area contributed by atoms with Crippen molar-refractivity contribution in [3.8, 4) is 11.6 Å². The highest BCUT2D eigenvalue weighted by Gasteiger charge is 2.04. The van der Waals surface area contributed by atoms with Crippen molar-refractivity contribution in [2.45, 2.75) is 6.54 Å². The molecule has 4 nitrogen and oxygen atoms in total. The number of aromatic nitrogens is 2. The van der Waals surface area contributed by atoms with E-state index < -0.39 is 0 Å². The molecule has 0 unspecified atom stereocenters. The summed E-state index contributed by atoms with van der Waals surface area (Å²) < 4.78 is 31.9. The van der Waals surface area contributed by atoms with Gasteiger partial charge < -0.3 is 10.1 Å². The van der Waals surface area contributed by atoms with Crippen LogP contribution < -0.4 is 10.1 Å². The molecule has 3 rings (SSSR count). The quantitative estimate of drug-likeness (QED) is 0.768. The monoisotopic (exact) mass is 313 g/mol. The van der Waals surface area contributed by atoms with Gasteiger partial charge in [0.05, 0.1) is 0 Å². The predicted molar refractivity (Wildman–Crippen MR) is 82.2 cm³/mol. The van der Waals surface area contributed by atoms with E-state index in [0.717, 1.165) is 0 Å². The van der Waals surface area contributed by atoms with Gasteiger partial charge in [-0.25, -0.2) is 13.8 Å². The number of rotatable bonds is 5. The van der Waals surface area contributed by atoms with Crippen LogP contribution in [0.1, 0.15) is 5.56 Å². The Morgan fingerprint density at radius 2 is 1.74 bits per heavy atom. The van der Waals surface area contributed by atoms with Crippen LogP contribution in [0.5, 0.6) is 11.6 Å². The summed E-state index contributed by atoms with van der Waals surface area (Å²) in [6.45, 7) is 0.257. The van der Waals surface area contributed by atoms with Gasteiger partial charge in [0.15, 0.2) is 0 Å². The smallest absolute Gasteiger partial charge is 0.226 e. The summed E-state index contributed by atoms with van der Waals surface area (Å²) in [5, 5.41) is 2.93. The lowest BCUT2D eigenvalue weighted by atomic mass is 10.2. The average molecular weight is 313 g/mol. The molecular formula is C17H13F2N3O. The van der Waals surface area contributed by atoms with E-state index in [9.17, 15) is 8.78 Å². The maximum atomic E-state index is 13.6. The van der Waals surface area contributed by atoms with E-state index in [2.05, 4.69) is 15.3 Å². The number of benzene rings is 2. The second-order valence-corrected chi connectivity index (χ2v) is 4.72. The lowest BCUT2D eigenvalue weighted by Gasteiger charge is -2.08. The number of anilines is 1. The predicted octanol–water partition coefficient (Wildman–Crippen LogP) is 4.16. The minimum Gasteiger partial charge on any atom is -0.439 e. The molecule has 0 amide bonds. The Balaban J connectivity index is 1.67. The van der Waals surface area contributed by atoms with E-state index >= 15 is 0 Å². The second kappa shape index (κ2) is 6.83. The number of halogens is 2. The third-order valence-corrected chi connectivity index (χ3v) is 3.06. The largest absolute Gasteiger partial charge is 0.439 e. The van der Waals surface area contributed by atoms with Crippen LogP contribution in [0.3, 0.4) is 0 Å². The van der Waals surface area contributed by atoms with E-state index in [1.54, 1.807) is 24.3 Å². The zero-order valence-corrected chi connectivity index (χ0v) is 12.0. The molecule has 3 aromatic rings. The van der Waals surface area contributed by atoms with Crippen molar-refractivity contribution in [1.82, 2.24) is 9.97 Å². The Labute approximate surface area is 131 Å². The maximum Gasteiger partial charge on any atom is 0.226 e. The number of ether oxygens (including phenoxy) is 1. The molecule has 23 heavy (non-hydrogen) atoms. The molecule has 1 N–H and O–H groups in total. The highest BCUT2D eigenvalue weighted by atomic mass is 19.1. The maximum absolute atomic E-state index is 13.6. The molecular weight excluding hydrogens is 300 g/mol. The molecule has 0 spiro atoms. The molecule has 0 aliphatic rings. The third kappa shape index (κ3) is 4.00. The van der Waals surface area contributed by atoms with E-state index in [1.807, 2.05) is 0 Å². The van der Waals surface area contributed by atoms with Gasteiger partial charge in [-0.3, -0.25) is 0 Å². The normalized spacial score (nSPS) is 10.3. The summed E-state index contributed by atoms with van der Waals surface area (Å²) in [6.07, 6.45) is 1.52. The van der Waals surface area contributed by atoms with Crippen molar-refractivity contribution in [2.75, 3.05) is 5.32 Å². The zero-order chi connectivity index (χ0) is 16.1. The number of nitrogens with one attached hydrogen (secondary N) is 1. The second-order valence-electron chi connectivity index (χ2n) is 4.72. The molecule has 0 bridgehead atoms. The molecule has 0 aliphatic heterocycles. The van der Waals surface area contributed by atoms with Crippen LogP contribution >= 0.6 is 0 Å². The van der Waals surface area contributed by atoms with E-state index in [1.165, 1.54) is 36.5 Å². The topological polar surface area (TPSA) is 47.0 Å². The molecule has 2 aromatic carbocycles. The molecule has 0 saturated heterocycles. The molecule has 0 fully saturated rings. The van der Waals surface area contributed by atoms with E-state index in [0.29, 0.717) is 23.1 Å². The highest BCUT2D eigenvalue weighted by molar-refractivity contribution is 5.33. The van der Waals surface area contributed by atoms with Gasteiger partial charge in [0.25, 0.3) is 0 Å². The van der Waals surface area contributed by atoms with E-state index in [4.69, 9.17) is 4.74 Å². The fourth-order valence-electron chi connectivity index (χ4n) is 1.92. The molecule has 0 radical (unpaired) electrons. The Morgan fingerprint density at radius 3 is 2.52 bits per heavy atom. The van der Waals surface area contributed by atoms with E-state index in [-0.39, 0.29) is 18.2 Å². The number of hydrogen-bond acceptors (Lipinski definition) is 4. The van der Waals surface area contributed by atoms with Crippen LogP contribution in [0.4, 0.5) is 14.7 Å². The van der Waals surface area contributed by atoms with Gasteiger partial charge in [-0.15, -0.1) is 0 Å². The third-order valence-electron chi connectivity index (χ3n) is 3.06. The van der Waals surface area contributed by atoms with Gasteiger partial charge in [0.2, 0.25) is 11.8 Å². The van der Waals surface area contributed by atoms with Gasteiger partial charge in [-0.2, -0.15) is 4.98 Å². The Bertz CT molecular complexity index is 794. The van der Waals surface area contributed by atoms with Gasteiger partial charge in [0.1, 0.15) is 17.4 Å². The first-order chi connectivity index (χ1) is 11.2. The SMILES string of the molecule is Fc1ccc(Oc2ccnc(NCc3ccccc3F)n2)cc1. The lowest BCUT2D eigenvalue weighted by Crippen LogP contribution is -2.05. The molecule has 0 saturated carbocycles. The summed E-state index contributed by atoms with van der Waals surface area (Å²) >= 11 is 0. The van der Waals surface area contributed by atoms with Gasteiger partial charge >= 0.3 is 0 Å². The first-order valence-electron chi connectivity index (χ1n) is 6.94. The van der Waals surface area contributed by atoms with Crippen molar-refractivity contribution < 1.29 is 13.5 Å². The van der Waals surface area contributed by atoms with Crippen LogP contribution in [-0.4, -0.2) is 9.97 Å². The molecule has 0 atom stereocenters. The van der Waals surface area contributed by atoms with Gasteiger partial charge in [-0.1, -0.05) is 18.2 Å². The summed E-state index contributed by atoms with van der Waals surface area (Å²) in [7, 11) is 0. The van der Waals surface area contributed by atoms with Crippen molar-refractivity contribution in [3.05, 3.63) is 78.0 Å². The minimum atomic E-state index is -0.340. The molecule has 1 heterocycles. The minimum absolute atomic E-state index is 0.257. The Kier molecular flexibility index (Phi) is 4.42. The Morgan fingerprint density at radius 1 is 0.957 bits per heavy atom. The highest BCUT2D eigenvalue weighted by Crippen LogP contribution is 2.20. The molecule has 6 heteroatoms. The van der Waals surface area contributed by atoms with Crippen LogP contribution in [0.25, 0.3) is 0 Å². The summed E-state index contributed by atoms with van der Waals surface area (Å²) in [6, 6.07) is 13.7. The van der Waals surface area contributed by atoms with Crippen LogP contribution in [-0.2, 0) is 6.54 Å². The standard InChI is InChI=1S/C17H13F2N3O/c18-13-5-7-14(8-6-13)23-16-9-10-20-17(22-16)21-11-12-3-1-2-4-15(12)19/h1-10H,11H2,(H,20,21,22). The number of hydrogen-bond donors (Lipinski definition) is 1. The summed E-state index contributed by atoms with van der Waals surface area (Å²) in [5.41, 5.74) is 0.515. The zero-order valence-electron chi connectivity index (χ0n) is 12.0. The molecule has 0 aliphatic carbocycles. The van der Waals surface area contributed by atoms with Gasteiger partial charge in [0, 0.05) is 24.4 Å². The van der Waals surface area contributed by atoms with Crippen molar-refractivity contribution in [1.29, 1.82) is 0 Å². The first kappa shape index (κ1) is 14.9. The van der Waals surface area contributed by atoms with Crippen molar-refractivity contribution >= 4 is 5.95 Å². The number of nitrogens with zero attached hydrogens (tertiary/aromatic N) is 2. The fourth-order valence-corrected chi connectivity index (χ4v) is 1.92. The van der Waals surface area contributed by atoms with Crippen LogP contribution in [0.15, 0.2) is 60.8 Å².